The molecule has 3 rings (SSSR count). The molecular weight excluding hydrogens is 328 g/mol. The molecule has 2 aromatic heterocycles. The minimum atomic E-state index is 0.213. The number of hydrogen-bond donors (Lipinski definition) is 0. The van der Waals surface area contributed by atoms with Crippen molar-refractivity contribution in [1.29, 1.82) is 0 Å². The Hall–Kier alpha value is -1.34. The monoisotopic (exact) mass is 350 g/mol. The molecule has 0 N–H and O–H groups in total. The van der Waals surface area contributed by atoms with Gasteiger partial charge in [0, 0.05) is 19.6 Å². The van der Waals surface area contributed by atoms with Gasteiger partial charge < -0.3 is 9.47 Å². The molecule has 1 fully saturated rings. The molecule has 0 aliphatic carbocycles. The van der Waals surface area contributed by atoms with Crippen molar-refractivity contribution in [1.82, 2.24) is 19.7 Å². The summed E-state index contributed by atoms with van der Waals surface area (Å²) in [6.45, 7) is 6.92. The summed E-state index contributed by atoms with van der Waals surface area (Å²) in [7, 11) is 0. The zero-order valence-corrected chi connectivity index (χ0v) is 15.2. The van der Waals surface area contributed by atoms with E-state index in [9.17, 15) is 4.79 Å². The minimum Gasteiger partial charge on any atom is -0.342 e. The third-order valence-electron chi connectivity index (χ3n) is 4.24. The highest BCUT2D eigenvalue weighted by Crippen LogP contribution is 2.27. The van der Waals surface area contributed by atoms with Crippen molar-refractivity contribution >= 4 is 29.0 Å². The largest absolute Gasteiger partial charge is 0.342 e. The Kier molecular flexibility index (Phi) is 5.38. The van der Waals surface area contributed by atoms with E-state index in [0.29, 0.717) is 5.75 Å². The van der Waals surface area contributed by atoms with Crippen LogP contribution in [0, 0.1) is 5.92 Å². The Morgan fingerprint density at radius 2 is 2.17 bits per heavy atom. The molecule has 124 valence electrons. The number of likely N-dealkylation sites (tertiary alicyclic amines) is 1. The van der Waals surface area contributed by atoms with E-state index in [2.05, 4.69) is 34.7 Å². The molecule has 0 aromatic carbocycles. The van der Waals surface area contributed by atoms with E-state index >= 15 is 0 Å². The number of hydrogen-bond acceptors (Lipinski definition) is 5. The highest BCUT2D eigenvalue weighted by Gasteiger charge is 2.21. The zero-order valence-electron chi connectivity index (χ0n) is 13.6. The lowest BCUT2D eigenvalue weighted by atomic mass is 9.99. The lowest BCUT2D eigenvalue weighted by Gasteiger charge is -2.30. The fraction of sp³-hybridized carbons (Fsp3) is 0.562. The summed E-state index contributed by atoms with van der Waals surface area (Å²) < 4.78 is 2.09. The number of carbonyl (C=O) groups excluding carboxylic acids is 1. The number of piperidine rings is 1. The molecule has 23 heavy (non-hydrogen) atoms. The van der Waals surface area contributed by atoms with Crippen molar-refractivity contribution in [2.24, 2.45) is 5.92 Å². The van der Waals surface area contributed by atoms with Gasteiger partial charge in [-0.2, -0.15) is 0 Å². The van der Waals surface area contributed by atoms with Gasteiger partial charge in [0.15, 0.2) is 11.0 Å². The molecule has 1 amide bonds. The van der Waals surface area contributed by atoms with Crippen LogP contribution in [0.4, 0.5) is 0 Å². The maximum absolute atomic E-state index is 12.4. The maximum Gasteiger partial charge on any atom is 0.233 e. The highest BCUT2D eigenvalue weighted by molar-refractivity contribution is 7.99. The van der Waals surface area contributed by atoms with Gasteiger partial charge in [0.25, 0.3) is 0 Å². The van der Waals surface area contributed by atoms with Gasteiger partial charge in [0.05, 0.1) is 10.6 Å². The first-order chi connectivity index (χ1) is 11.2. The lowest BCUT2D eigenvalue weighted by molar-refractivity contribution is -0.129. The molecule has 1 aliphatic rings. The normalized spacial score (nSPS) is 16.0. The first-order valence-corrected chi connectivity index (χ1v) is 9.93. The van der Waals surface area contributed by atoms with Crippen molar-refractivity contribution in [3.63, 3.8) is 0 Å². The molecule has 3 heterocycles. The number of aromatic nitrogens is 3. The topological polar surface area (TPSA) is 51.0 Å². The lowest BCUT2D eigenvalue weighted by Crippen LogP contribution is -2.38. The molecule has 1 aliphatic heterocycles. The van der Waals surface area contributed by atoms with E-state index in [0.717, 1.165) is 54.3 Å². The summed E-state index contributed by atoms with van der Waals surface area (Å²) in [6.07, 6.45) is 2.23. The van der Waals surface area contributed by atoms with Crippen molar-refractivity contribution in [2.45, 2.75) is 38.4 Å². The second-order valence-electron chi connectivity index (χ2n) is 5.88. The third-order valence-corrected chi connectivity index (χ3v) is 6.05. The second kappa shape index (κ2) is 7.49. The summed E-state index contributed by atoms with van der Waals surface area (Å²) in [5.74, 6) is 2.29. The summed E-state index contributed by atoms with van der Waals surface area (Å²) >= 11 is 3.15. The first-order valence-electron chi connectivity index (χ1n) is 8.06. The van der Waals surface area contributed by atoms with E-state index in [1.54, 1.807) is 11.3 Å². The Labute approximate surface area is 145 Å². The van der Waals surface area contributed by atoms with Crippen LogP contribution in [0.2, 0.25) is 0 Å². The number of thioether (sulfide) groups is 1. The van der Waals surface area contributed by atoms with Crippen molar-refractivity contribution < 1.29 is 4.79 Å². The Bertz CT molecular complexity index is 645. The zero-order chi connectivity index (χ0) is 16.2. The van der Waals surface area contributed by atoms with E-state index in [-0.39, 0.29) is 5.91 Å². The number of carbonyl (C=O) groups is 1. The van der Waals surface area contributed by atoms with Crippen LogP contribution in [0.1, 0.15) is 26.7 Å². The van der Waals surface area contributed by atoms with Crippen LogP contribution in [0.3, 0.4) is 0 Å². The quantitative estimate of drug-likeness (QED) is 0.776. The summed E-state index contributed by atoms with van der Waals surface area (Å²) in [5, 5.41) is 11.5. The van der Waals surface area contributed by atoms with E-state index in [4.69, 9.17) is 0 Å². The summed E-state index contributed by atoms with van der Waals surface area (Å²) in [5.41, 5.74) is 0. The van der Waals surface area contributed by atoms with Crippen molar-refractivity contribution in [3.8, 4) is 10.7 Å². The number of amides is 1. The number of rotatable bonds is 5. The summed E-state index contributed by atoms with van der Waals surface area (Å²) in [6, 6.07) is 4.07. The molecule has 0 atom stereocenters. The molecule has 0 saturated carbocycles. The average molecular weight is 351 g/mol. The second-order valence-corrected chi connectivity index (χ2v) is 7.77. The molecule has 7 heteroatoms. The fourth-order valence-corrected chi connectivity index (χ4v) is 4.37. The van der Waals surface area contributed by atoms with Crippen LogP contribution in [0.5, 0.6) is 0 Å². The Morgan fingerprint density at radius 1 is 1.39 bits per heavy atom. The predicted molar refractivity (Wildman–Crippen MR) is 94.7 cm³/mol. The number of thiophene rings is 1. The molecule has 5 nitrogen and oxygen atoms in total. The van der Waals surface area contributed by atoms with Crippen molar-refractivity contribution in [2.75, 3.05) is 18.8 Å². The van der Waals surface area contributed by atoms with Gasteiger partial charge in [-0.25, -0.2) is 0 Å². The molecule has 0 radical (unpaired) electrons. The van der Waals surface area contributed by atoms with Crippen LogP contribution in [0.25, 0.3) is 10.7 Å². The van der Waals surface area contributed by atoms with Gasteiger partial charge in [-0.15, -0.1) is 21.5 Å². The third kappa shape index (κ3) is 3.77. The maximum atomic E-state index is 12.4. The standard InChI is InChI=1S/C16H22N4OS2/c1-3-20-15(13-5-4-10-22-13)17-18-16(20)23-11-14(21)19-8-6-12(2)7-9-19/h4-5,10,12H,3,6-9,11H2,1-2H3. The molecule has 0 unspecified atom stereocenters. The van der Waals surface area contributed by atoms with Gasteiger partial charge >= 0.3 is 0 Å². The fourth-order valence-electron chi connectivity index (χ4n) is 2.74. The molecule has 2 aromatic rings. The summed E-state index contributed by atoms with van der Waals surface area (Å²) in [4.78, 5) is 15.5. The van der Waals surface area contributed by atoms with Crippen LogP contribution in [-0.4, -0.2) is 44.4 Å². The van der Waals surface area contributed by atoms with Crippen molar-refractivity contribution in [3.05, 3.63) is 17.5 Å². The number of nitrogens with zero attached hydrogens (tertiary/aromatic N) is 4. The molecule has 0 spiro atoms. The van der Waals surface area contributed by atoms with Gasteiger partial charge in [0.2, 0.25) is 5.91 Å². The van der Waals surface area contributed by atoms with Gasteiger partial charge in [-0.05, 0) is 37.1 Å². The van der Waals surface area contributed by atoms with Gasteiger partial charge in [-0.3, -0.25) is 4.79 Å². The SMILES string of the molecule is CCn1c(SCC(=O)N2CCC(C)CC2)nnc1-c1cccs1. The van der Waals surface area contributed by atoms with Crippen LogP contribution in [-0.2, 0) is 11.3 Å². The molecular formula is C16H22N4OS2. The Balaban J connectivity index is 1.63. The van der Waals surface area contributed by atoms with Crippen LogP contribution >= 0.6 is 23.1 Å². The van der Waals surface area contributed by atoms with Crippen LogP contribution < -0.4 is 0 Å². The molecule has 1 saturated heterocycles. The van der Waals surface area contributed by atoms with E-state index in [1.165, 1.54) is 11.8 Å². The highest BCUT2D eigenvalue weighted by atomic mass is 32.2. The van der Waals surface area contributed by atoms with E-state index < -0.39 is 0 Å². The first kappa shape index (κ1) is 16.5. The Morgan fingerprint density at radius 3 is 2.83 bits per heavy atom. The van der Waals surface area contributed by atoms with Gasteiger partial charge in [-0.1, -0.05) is 24.8 Å². The van der Waals surface area contributed by atoms with Gasteiger partial charge in [0.1, 0.15) is 0 Å². The van der Waals surface area contributed by atoms with Crippen LogP contribution in [0.15, 0.2) is 22.7 Å². The minimum absolute atomic E-state index is 0.213. The smallest absolute Gasteiger partial charge is 0.233 e. The van der Waals surface area contributed by atoms with E-state index in [1.807, 2.05) is 16.3 Å². The average Bonchev–Trinajstić information content (AvgIpc) is 3.22. The predicted octanol–water partition coefficient (Wildman–Crippen LogP) is 3.38. The molecule has 0 bridgehead atoms.